The van der Waals surface area contributed by atoms with Crippen molar-refractivity contribution in [1.29, 1.82) is 0 Å². The maximum absolute atomic E-state index is 11.7. The number of carbonyl (C=O) groups excluding carboxylic acids is 2. The molecule has 0 atom stereocenters. The highest BCUT2D eigenvalue weighted by atomic mass is 16.5. The molecule has 0 aliphatic carbocycles. The minimum absolute atomic E-state index is 0.0571. The lowest BCUT2D eigenvalue weighted by atomic mass is 10.3. The summed E-state index contributed by atoms with van der Waals surface area (Å²) < 4.78 is 4.91. The van der Waals surface area contributed by atoms with E-state index in [1.54, 1.807) is 18.2 Å². The fraction of sp³-hybridized carbons (Fsp3) is 0.533. The van der Waals surface area contributed by atoms with E-state index in [9.17, 15) is 9.59 Å². The van der Waals surface area contributed by atoms with E-state index in [0.717, 1.165) is 12.1 Å². The van der Waals surface area contributed by atoms with E-state index in [0.29, 0.717) is 32.7 Å². The zero-order valence-electron chi connectivity index (χ0n) is 12.7. The SMILES string of the molecule is COCCCNC(=O)CCN(Cc1ccccn1)C(C)=O. The lowest BCUT2D eigenvalue weighted by Crippen LogP contribution is -2.34. The lowest BCUT2D eigenvalue weighted by Gasteiger charge is -2.20. The molecule has 0 bridgehead atoms. The third-order valence-corrected chi connectivity index (χ3v) is 2.98. The van der Waals surface area contributed by atoms with Gasteiger partial charge in [0.05, 0.1) is 12.2 Å². The Kier molecular flexibility index (Phi) is 8.04. The van der Waals surface area contributed by atoms with Crippen molar-refractivity contribution in [2.45, 2.75) is 26.3 Å². The number of nitrogens with zero attached hydrogens (tertiary/aromatic N) is 2. The molecule has 0 spiro atoms. The highest BCUT2D eigenvalue weighted by molar-refractivity contribution is 5.77. The fourth-order valence-electron chi connectivity index (χ4n) is 1.80. The summed E-state index contributed by atoms with van der Waals surface area (Å²) in [6.45, 7) is 3.53. The predicted octanol–water partition coefficient (Wildman–Crippen LogP) is 0.973. The molecule has 0 aromatic carbocycles. The van der Waals surface area contributed by atoms with E-state index in [4.69, 9.17) is 4.74 Å². The molecule has 1 aromatic heterocycles. The Hall–Kier alpha value is -1.95. The van der Waals surface area contributed by atoms with Crippen molar-refractivity contribution >= 4 is 11.8 Å². The largest absolute Gasteiger partial charge is 0.385 e. The van der Waals surface area contributed by atoms with Crippen molar-refractivity contribution in [1.82, 2.24) is 15.2 Å². The molecule has 21 heavy (non-hydrogen) atoms. The van der Waals surface area contributed by atoms with Crippen LogP contribution in [0.15, 0.2) is 24.4 Å². The van der Waals surface area contributed by atoms with Gasteiger partial charge in [-0.15, -0.1) is 0 Å². The normalized spacial score (nSPS) is 10.2. The van der Waals surface area contributed by atoms with Crippen molar-refractivity contribution < 1.29 is 14.3 Å². The quantitative estimate of drug-likeness (QED) is 0.689. The molecule has 0 aliphatic rings. The highest BCUT2D eigenvalue weighted by Gasteiger charge is 2.12. The molecule has 0 saturated carbocycles. The molecular formula is C15H23N3O3. The van der Waals surface area contributed by atoms with E-state index in [1.807, 2.05) is 18.2 Å². The fourth-order valence-corrected chi connectivity index (χ4v) is 1.80. The molecule has 6 nitrogen and oxygen atoms in total. The summed E-state index contributed by atoms with van der Waals surface area (Å²) in [5.41, 5.74) is 0.813. The van der Waals surface area contributed by atoms with Gasteiger partial charge in [-0.1, -0.05) is 6.07 Å². The van der Waals surface area contributed by atoms with Crippen LogP contribution in [0.1, 0.15) is 25.5 Å². The number of hydrogen-bond donors (Lipinski definition) is 1. The van der Waals surface area contributed by atoms with Gasteiger partial charge in [-0.05, 0) is 18.6 Å². The molecule has 116 valence electrons. The Morgan fingerprint density at radius 3 is 2.81 bits per heavy atom. The topological polar surface area (TPSA) is 71.5 Å². The van der Waals surface area contributed by atoms with Gasteiger partial charge in [0, 0.05) is 46.3 Å². The van der Waals surface area contributed by atoms with Crippen molar-refractivity contribution in [3.05, 3.63) is 30.1 Å². The monoisotopic (exact) mass is 293 g/mol. The predicted molar refractivity (Wildman–Crippen MR) is 79.4 cm³/mol. The van der Waals surface area contributed by atoms with Gasteiger partial charge in [-0.25, -0.2) is 0 Å². The number of pyridine rings is 1. The van der Waals surface area contributed by atoms with Crippen LogP contribution in [-0.4, -0.2) is 48.5 Å². The third-order valence-electron chi connectivity index (χ3n) is 2.98. The van der Waals surface area contributed by atoms with E-state index in [-0.39, 0.29) is 11.8 Å². The molecule has 1 N–H and O–H groups in total. The first-order chi connectivity index (χ1) is 10.1. The van der Waals surface area contributed by atoms with E-state index >= 15 is 0 Å². The second-order valence-electron chi connectivity index (χ2n) is 4.71. The molecular weight excluding hydrogens is 270 g/mol. The van der Waals surface area contributed by atoms with Crippen LogP contribution in [-0.2, 0) is 20.9 Å². The average Bonchev–Trinajstić information content (AvgIpc) is 2.48. The maximum atomic E-state index is 11.7. The minimum atomic E-state index is -0.0622. The molecule has 6 heteroatoms. The van der Waals surface area contributed by atoms with E-state index in [1.165, 1.54) is 6.92 Å². The van der Waals surface area contributed by atoms with Crippen LogP contribution in [0.3, 0.4) is 0 Å². The summed E-state index contributed by atoms with van der Waals surface area (Å²) >= 11 is 0. The number of ether oxygens (including phenoxy) is 1. The highest BCUT2D eigenvalue weighted by Crippen LogP contribution is 2.02. The van der Waals surface area contributed by atoms with Gasteiger partial charge in [-0.2, -0.15) is 0 Å². The van der Waals surface area contributed by atoms with E-state index < -0.39 is 0 Å². The molecule has 0 aliphatic heterocycles. The molecule has 1 rings (SSSR count). The van der Waals surface area contributed by atoms with Crippen LogP contribution in [0.4, 0.5) is 0 Å². The van der Waals surface area contributed by atoms with Crippen LogP contribution in [0, 0.1) is 0 Å². The lowest BCUT2D eigenvalue weighted by molar-refractivity contribution is -0.130. The second-order valence-corrected chi connectivity index (χ2v) is 4.71. The summed E-state index contributed by atoms with van der Waals surface area (Å²) in [7, 11) is 1.63. The van der Waals surface area contributed by atoms with E-state index in [2.05, 4.69) is 10.3 Å². The van der Waals surface area contributed by atoms with Gasteiger partial charge in [0.1, 0.15) is 0 Å². The van der Waals surface area contributed by atoms with Crippen LogP contribution in [0.5, 0.6) is 0 Å². The third kappa shape index (κ3) is 7.41. The summed E-state index contributed by atoms with van der Waals surface area (Å²) in [4.78, 5) is 29.1. The molecule has 2 amide bonds. The van der Waals surface area contributed by atoms with Gasteiger partial charge < -0.3 is 15.0 Å². The molecule has 0 fully saturated rings. The number of rotatable bonds is 9. The van der Waals surface area contributed by atoms with Gasteiger partial charge in [0.25, 0.3) is 0 Å². The first-order valence-electron chi connectivity index (χ1n) is 7.04. The molecule has 0 saturated heterocycles. The standard InChI is InChI=1S/C15H23N3O3/c1-13(19)18(12-14-6-3-4-8-16-14)10-7-15(20)17-9-5-11-21-2/h3-4,6,8H,5,7,9-12H2,1-2H3,(H,17,20). The van der Waals surface area contributed by atoms with Crippen molar-refractivity contribution in [2.24, 2.45) is 0 Å². The number of nitrogens with one attached hydrogen (secondary N) is 1. The summed E-state index contributed by atoms with van der Waals surface area (Å²) in [5.74, 6) is -0.119. The Balaban J connectivity index is 2.34. The minimum Gasteiger partial charge on any atom is -0.385 e. The van der Waals surface area contributed by atoms with Crippen LogP contribution in [0.25, 0.3) is 0 Å². The number of amides is 2. The van der Waals surface area contributed by atoms with Gasteiger partial charge >= 0.3 is 0 Å². The van der Waals surface area contributed by atoms with Crippen LogP contribution < -0.4 is 5.32 Å². The summed E-state index contributed by atoms with van der Waals surface area (Å²) in [6, 6.07) is 5.57. The average molecular weight is 293 g/mol. The van der Waals surface area contributed by atoms with Gasteiger partial charge in [-0.3, -0.25) is 14.6 Å². The zero-order valence-corrected chi connectivity index (χ0v) is 12.7. The summed E-state index contributed by atoms with van der Waals surface area (Å²) in [6.07, 6.45) is 2.77. The molecule has 0 radical (unpaired) electrons. The Morgan fingerprint density at radius 2 is 2.19 bits per heavy atom. The van der Waals surface area contributed by atoms with Crippen molar-refractivity contribution in [3.8, 4) is 0 Å². The number of hydrogen-bond acceptors (Lipinski definition) is 4. The first kappa shape index (κ1) is 17.1. The molecule has 1 aromatic rings. The zero-order chi connectivity index (χ0) is 15.5. The van der Waals surface area contributed by atoms with Gasteiger partial charge in [0.2, 0.25) is 11.8 Å². The Morgan fingerprint density at radius 1 is 1.38 bits per heavy atom. The van der Waals surface area contributed by atoms with Gasteiger partial charge in [0.15, 0.2) is 0 Å². The first-order valence-corrected chi connectivity index (χ1v) is 7.04. The molecule has 1 heterocycles. The van der Waals surface area contributed by atoms with Crippen LogP contribution >= 0.6 is 0 Å². The number of aromatic nitrogens is 1. The Bertz CT molecular complexity index is 437. The second kappa shape index (κ2) is 9.88. The number of methoxy groups -OCH3 is 1. The van der Waals surface area contributed by atoms with Crippen molar-refractivity contribution in [3.63, 3.8) is 0 Å². The maximum Gasteiger partial charge on any atom is 0.221 e. The smallest absolute Gasteiger partial charge is 0.221 e. The Labute approximate surface area is 125 Å². The number of carbonyl (C=O) groups is 2. The van der Waals surface area contributed by atoms with Crippen molar-refractivity contribution in [2.75, 3.05) is 26.8 Å². The summed E-state index contributed by atoms with van der Waals surface area (Å²) in [5, 5.41) is 2.80. The molecule has 0 unspecified atom stereocenters. The van der Waals surface area contributed by atoms with Crippen LogP contribution in [0.2, 0.25) is 0 Å².